The molecule has 1 fully saturated rings. The molecule has 0 spiro atoms. The average Bonchev–Trinajstić information content (AvgIpc) is 2.88. The van der Waals surface area contributed by atoms with E-state index in [1.165, 1.54) is 19.3 Å². The number of hydrogen-bond acceptors (Lipinski definition) is 2. The van der Waals surface area contributed by atoms with E-state index in [-0.39, 0.29) is 0 Å². The lowest BCUT2D eigenvalue weighted by Gasteiger charge is -2.18. The normalized spacial score (nSPS) is 25.9. The first-order valence-corrected chi connectivity index (χ1v) is 6.20. The highest BCUT2D eigenvalue weighted by molar-refractivity contribution is 6.18. The van der Waals surface area contributed by atoms with Crippen molar-refractivity contribution in [3.05, 3.63) is 18.5 Å². The molecule has 2 unspecified atom stereocenters. The molecule has 1 aliphatic carbocycles. The average molecular weight is 228 g/mol. The Kier molecular flexibility index (Phi) is 4.03. The van der Waals surface area contributed by atoms with Crippen LogP contribution in [0.25, 0.3) is 0 Å². The molecule has 1 aliphatic rings. The van der Waals surface area contributed by atoms with Gasteiger partial charge in [-0.05, 0) is 24.8 Å². The molecule has 1 aromatic heterocycles. The zero-order valence-electron chi connectivity index (χ0n) is 8.90. The van der Waals surface area contributed by atoms with Gasteiger partial charge in [0.1, 0.15) is 0 Å². The second kappa shape index (κ2) is 5.52. The van der Waals surface area contributed by atoms with Gasteiger partial charge in [0.25, 0.3) is 0 Å². The SMILES string of the molecule is ClCC1CCCC1NCCn1cccn1. The van der Waals surface area contributed by atoms with Crippen LogP contribution in [0.3, 0.4) is 0 Å². The van der Waals surface area contributed by atoms with Crippen molar-refractivity contribution >= 4 is 11.6 Å². The summed E-state index contributed by atoms with van der Waals surface area (Å²) in [6.07, 6.45) is 7.68. The summed E-state index contributed by atoms with van der Waals surface area (Å²) in [7, 11) is 0. The van der Waals surface area contributed by atoms with Gasteiger partial charge in [0.2, 0.25) is 0 Å². The first kappa shape index (κ1) is 11.0. The summed E-state index contributed by atoms with van der Waals surface area (Å²) < 4.78 is 1.96. The molecular weight excluding hydrogens is 210 g/mol. The van der Waals surface area contributed by atoms with Crippen LogP contribution in [0.2, 0.25) is 0 Å². The molecule has 0 amide bonds. The van der Waals surface area contributed by atoms with E-state index in [9.17, 15) is 0 Å². The molecule has 2 rings (SSSR count). The van der Waals surface area contributed by atoms with Crippen molar-refractivity contribution in [2.45, 2.75) is 31.8 Å². The summed E-state index contributed by atoms with van der Waals surface area (Å²) in [6, 6.07) is 2.58. The van der Waals surface area contributed by atoms with Crippen molar-refractivity contribution in [2.75, 3.05) is 12.4 Å². The van der Waals surface area contributed by atoms with Crippen molar-refractivity contribution in [3.8, 4) is 0 Å². The summed E-state index contributed by atoms with van der Waals surface area (Å²) >= 11 is 5.92. The summed E-state index contributed by atoms with van der Waals surface area (Å²) in [5, 5.41) is 7.75. The standard InChI is InChI=1S/C11H18ClN3/c12-9-10-3-1-4-11(10)13-6-8-15-7-2-5-14-15/h2,5,7,10-11,13H,1,3-4,6,8-9H2. The molecule has 4 heteroatoms. The maximum absolute atomic E-state index is 5.92. The minimum absolute atomic E-state index is 0.623. The highest BCUT2D eigenvalue weighted by Crippen LogP contribution is 2.26. The predicted molar refractivity (Wildman–Crippen MR) is 62.1 cm³/mol. The third kappa shape index (κ3) is 2.95. The highest BCUT2D eigenvalue weighted by atomic mass is 35.5. The van der Waals surface area contributed by atoms with E-state index in [1.54, 1.807) is 0 Å². The molecule has 3 nitrogen and oxygen atoms in total. The van der Waals surface area contributed by atoms with Crippen molar-refractivity contribution in [1.29, 1.82) is 0 Å². The number of nitrogens with zero attached hydrogens (tertiary/aromatic N) is 2. The first-order valence-electron chi connectivity index (χ1n) is 5.67. The molecule has 0 aliphatic heterocycles. The van der Waals surface area contributed by atoms with E-state index in [2.05, 4.69) is 10.4 Å². The highest BCUT2D eigenvalue weighted by Gasteiger charge is 2.25. The van der Waals surface area contributed by atoms with Gasteiger partial charge in [0, 0.05) is 30.9 Å². The Hall–Kier alpha value is -0.540. The molecule has 1 aromatic rings. The van der Waals surface area contributed by atoms with Crippen molar-refractivity contribution in [1.82, 2.24) is 15.1 Å². The summed E-state index contributed by atoms with van der Waals surface area (Å²) in [6.45, 7) is 1.93. The Morgan fingerprint density at radius 3 is 3.13 bits per heavy atom. The van der Waals surface area contributed by atoms with E-state index < -0.39 is 0 Å². The first-order chi connectivity index (χ1) is 7.40. The second-order valence-corrected chi connectivity index (χ2v) is 4.48. The van der Waals surface area contributed by atoms with Gasteiger partial charge in [0.15, 0.2) is 0 Å². The summed E-state index contributed by atoms with van der Waals surface area (Å²) in [4.78, 5) is 0. The van der Waals surface area contributed by atoms with Gasteiger partial charge in [-0.15, -0.1) is 11.6 Å². The smallest absolute Gasteiger partial charge is 0.0534 e. The molecule has 84 valence electrons. The van der Waals surface area contributed by atoms with Crippen LogP contribution in [-0.4, -0.2) is 28.2 Å². The second-order valence-electron chi connectivity index (χ2n) is 4.18. The molecule has 2 atom stereocenters. The largest absolute Gasteiger partial charge is 0.312 e. The summed E-state index contributed by atoms with van der Waals surface area (Å²) in [5.41, 5.74) is 0. The molecule has 1 saturated carbocycles. The Morgan fingerprint density at radius 1 is 1.47 bits per heavy atom. The molecular formula is C11H18ClN3. The molecule has 0 radical (unpaired) electrons. The Labute approximate surface area is 95.8 Å². The van der Waals surface area contributed by atoms with Crippen molar-refractivity contribution in [3.63, 3.8) is 0 Å². The fraction of sp³-hybridized carbons (Fsp3) is 0.727. The number of halogens is 1. The number of hydrogen-bond donors (Lipinski definition) is 1. The van der Waals surface area contributed by atoms with E-state index in [4.69, 9.17) is 11.6 Å². The fourth-order valence-corrected chi connectivity index (χ4v) is 2.66. The zero-order chi connectivity index (χ0) is 10.5. The third-order valence-electron chi connectivity index (χ3n) is 3.16. The van der Waals surface area contributed by atoms with E-state index >= 15 is 0 Å². The fourth-order valence-electron chi connectivity index (χ4n) is 2.29. The van der Waals surface area contributed by atoms with E-state index in [0.29, 0.717) is 12.0 Å². The van der Waals surface area contributed by atoms with Crippen LogP contribution in [0.15, 0.2) is 18.5 Å². The minimum atomic E-state index is 0.623. The van der Waals surface area contributed by atoms with Gasteiger partial charge >= 0.3 is 0 Å². The van der Waals surface area contributed by atoms with Gasteiger partial charge in [-0.1, -0.05) is 6.42 Å². The van der Waals surface area contributed by atoms with Crippen LogP contribution in [-0.2, 0) is 6.54 Å². The minimum Gasteiger partial charge on any atom is -0.312 e. The quantitative estimate of drug-likeness (QED) is 0.779. The molecule has 1 heterocycles. The van der Waals surface area contributed by atoms with Gasteiger partial charge in [0.05, 0.1) is 6.54 Å². The monoisotopic (exact) mass is 227 g/mol. The molecule has 1 N–H and O–H groups in total. The van der Waals surface area contributed by atoms with Crippen LogP contribution in [0.5, 0.6) is 0 Å². The van der Waals surface area contributed by atoms with Crippen LogP contribution >= 0.6 is 11.6 Å². The lowest BCUT2D eigenvalue weighted by molar-refractivity contribution is 0.413. The zero-order valence-corrected chi connectivity index (χ0v) is 9.66. The maximum Gasteiger partial charge on any atom is 0.0534 e. The van der Waals surface area contributed by atoms with Crippen LogP contribution in [0, 0.1) is 5.92 Å². The number of rotatable bonds is 5. The lowest BCUT2D eigenvalue weighted by Crippen LogP contribution is -2.35. The van der Waals surface area contributed by atoms with Crippen molar-refractivity contribution < 1.29 is 0 Å². The van der Waals surface area contributed by atoms with Crippen molar-refractivity contribution in [2.24, 2.45) is 5.92 Å². The molecule has 0 saturated heterocycles. The predicted octanol–water partition coefficient (Wildman–Crippen LogP) is 1.88. The number of aromatic nitrogens is 2. The van der Waals surface area contributed by atoms with Crippen LogP contribution < -0.4 is 5.32 Å². The molecule has 0 aromatic carbocycles. The van der Waals surface area contributed by atoms with Crippen LogP contribution in [0.1, 0.15) is 19.3 Å². The van der Waals surface area contributed by atoms with E-state index in [1.807, 2.05) is 23.1 Å². The van der Waals surface area contributed by atoms with Crippen LogP contribution in [0.4, 0.5) is 0 Å². The number of alkyl halides is 1. The Morgan fingerprint density at radius 2 is 2.40 bits per heavy atom. The third-order valence-corrected chi connectivity index (χ3v) is 3.56. The maximum atomic E-state index is 5.92. The molecule has 15 heavy (non-hydrogen) atoms. The summed E-state index contributed by atoms with van der Waals surface area (Å²) in [5.74, 6) is 1.46. The number of nitrogens with one attached hydrogen (secondary N) is 1. The van der Waals surface area contributed by atoms with Gasteiger partial charge in [-0.25, -0.2) is 0 Å². The van der Waals surface area contributed by atoms with Gasteiger partial charge < -0.3 is 5.32 Å². The van der Waals surface area contributed by atoms with E-state index in [0.717, 1.165) is 19.0 Å². The lowest BCUT2D eigenvalue weighted by atomic mass is 10.1. The topological polar surface area (TPSA) is 29.9 Å². The Balaban J connectivity index is 1.69. The van der Waals surface area contributed by atoms with Gasteiger partial charge in [-0.2, -0.15) is 5.10 Å². The Bertz CT molecular complexity index is 273. The molecule has 0 bridgehead atoms. The van der Waals surface area contributed by atoms with Gasteiger partial charge in [-0.3, -0.25) is 4.68 Å².